The smallest absolute Gasteiger partial charge is 0.102 e. The third kappa shape index (κ3) is 4.93. The summed E-state index contributed by atoms with van der Waals surface area (Å²) in [6.45, 7) is 4.07. The van der Waals surface area contributed by atoms with Crippen molar-refractivity contribution in [3.63, 3.8) is 0 Å². The summed E-state index contributed by atoms with van der Waals surface area (Å²) in [5.74, 6) is 0. The van der Waals surface area contributed by atoms with Crippen molar-refractivity contribution in [3.8, 4) is 0 Å². The van der Waals surface area contributed by atoms with Gasteiger partial charge in [-0.25, -0.2) is 0 Å². The Morgan fingerprint density at radius 3 is 2.47 bits per heavy atom. The van der Waals surface area contributed by atoms with Crippen LogP contribution < -0.4 is 0 Å². The van der Waals surface area contributed by atoms with E-state index in [1.54, 1.807) is 0 Å². The van der Waals surface area contributed by atoms with Crippen LogP contribution in [-0.2, 0) is 9.47 Å². The Morgan fingerprint density at radius 1 is 1.13 bits per heavy atom. The zero-order chi connectivity index (χ0) is 10.9. The van der Waals surface area contributed by atoms with Crippen LogP contribution in [0.15, 0.2) is 30.3 Å². The van der Waals surface area contributed by atoms with E-state index in [2.05, 4.69) is 0 Å². The SMILES string of the molecule is CCOCCOCC(O)c1ccccc1. The molecule has 1 aromatic rings. The van der Waals surface area contributed by atoms with E-state index < -0.39 is 6.10 Å². The maximum absolute atomic E-state index is 9.71. The second-order valence-corrected chi connectivity index (χ2v) is 3.20. The lowest BCUT2D eigenvalue weighted by molar-refractivity contribution is 0.00531. The molecule has 1 aromatic carbocycles. The van der Waals surface area contributed by atoms with Gasteiger partial charge in [0.1, 0.15) is 6.10 Å². The average molecular weight is 210 g/mol. The molecule has 0 heterocycles. The van der Waals surface area contributed by atoms with Crippen molar-refractivity contribution >= 4 is 0 Å². The standard InChI is InChI=1S/C12H18O3/c1-2-14-8-9-15-10-12(13)11-6-4-3-5-7-11/h3-7,12-13H,2,8-10H2,1H3. The Bertz CT molecular complexity index is 248. The molecule has 0 saturated heterocycles. The first-order valence-corrected chi connectivity index (χ1v) is 5.23. The monoisotopic (exact) mass is 210 g/mol. The van der Waals surface area contributed by atoms with E-state index >= 15 is 0 Å². The molecule has 1 rings (SSSR count). The number of hydrogen-bond acceptors (Lipinski definition) is 3. The molecular weight excluding hydrogens is 192 g/mol. The minimum absolute atomic E-state index is 0.317. The fraction of sp³-hybridized carbons (Fsp3) is 0.500. The van der Waals surface area contributed by atoms with Gasteiger partial charge in [0.05, 0.1) is 19.8 Å². The number of aliphatic hydroxyl groups is 1. The third-order valence-electron chi connectivity index (χ3n) is 2.04. The third-order valence-corrected chi connectivity index (χ3v) is 2.04. The Kier molecular flexibility index (Phi) is 6.00. The van der Waals surface area contributed by atoms with Gasteiger partial charge in [-0.3, -0.25) is 0 Å². The second kappa shape index (κ2) is 7.40. The lowest BCUT2D eigenvalue weighted by Gasteiger charge is -2.11. The lowest BCUT2D eigenvalue weighted by atomic mass is 10.1. The summed E-state index contributed by atoms with van der Waals surface area (Å²) in [5.41, 5.74) is 0.883. The van der Waals surface area contributed by atoms with Crippen LogP contribution >= 0.6 is 0 Å². The second-order valence-electron chi connectivity index (χ2n) is 3.20. The normalized spacial score (nSPS) is 12.7. The van der Waals surface area contributed by atoms with E-state index in [1.807, 2.05) is 37.3 Å². The van der Waals surface area contributed by atoms with Gasteiger partial charge in [0, 0.05) is 6.61 Å². The molecule has 0 amide bonds. The minimum atomic E-state index is -0.548. The Hall–Kier alpha value is -0.900. The van der Waals surface area contributed by atoms with Gasteiger partial charge in [-0.05, 0) is 12.5 Å². The van der Waals surface area contributed by atoms with Crippen molar-refractivity contribution in [1.29, 1.82) is 0 Å². The highest BCUT2D eigenvalue weighted by Crippen LogP contribution is 2.11. The summed E-state index contributed by atoms with van der Waals surface area (Å²) < 4.78 is 10.4. The van der Waals surface area contributed by atoms with Gasteiger partial charge in [0.2, 0.25) is 0 Å². The molecule has 0 aliphatic carbocycles. The first-order valence-electron chi connectivity index (χ1n) is 5.23. The van der Waals surface area contributed by atoms with E-state index in [9.17, 15) is 5.11 Å². The van der Waals surface area contributed by atoms with E-state index in [0.717, 1.165) is 5.56 Å². The fourth-order valence-corrected chi connectivity index (χ4v) is 1.23. The molecule has 3 heteroatoms. The van der Waals surface area contributed by atoms with E-state index in [0.29, 0.717) is 26.4 Å². The zero-order valence-corrected chi connectivity index (χ0v) is 9.06. The minimum Gasteiger partial charge on any atom is -0.386 e. The Balaban J connectivity index is 2.16. The van der Waals surface area contributed by atoms with Gasteiger partial charge in [-0.15, -0.1) is 0 Å². The number of ether oxygens (including phenoxy) is 2. The number of aliphatic hydroxyl groups excluding tert-OH is 1. The van der Waals surface area contributed by atoms with Gasteiger partial charge < -0.3 is 14.6 Å². The van der Waals surface area contributed by atoms with Crippen molar-refractivity contribution in [2.45, 2.75) is 13.0 Å². The van der Waals surface area contributed by atoms with Gasteiger partial charge in [-0.1, -0.05) is 30.3 Å². The summed E-state index contributed by atoms with van der Waals surface area (Å²) in [6.07, 6.45) is -0.548. The highest BCUT2D eigenvalue weighted by Gasteiger charge is 2.05. The quantitative estimate of drug-likeness (QED) is 0.697. The summed E-state index contributed by atoms with van der Waals surface area (Å²) in [6, 6.07) is 9.50. The highest BCUT2D eigenvalue weighted by molar-refractivity contribution is 5.17. The van der Waals surface area contributed by atoms with Crippen molar-refractivity contribution in [3.05, 3.63) is 35.9 Å². The Labute approximate surface area is 90.6 Å². The predicted octanol–water partition coefficient (Wildman–Crippen LogP) is 1.77. The van der Waals surface area contributed by atoms with Crippen molar-refractivity contribution < 1.29 is 14.6 Å². The molecule has 0 fully saturated rings. The molecule has 0 bridgehead atoms. The largest absolute Gasteiger partial charge is 0.386 e. The van der Waals surface area contributed by atoms with Gasteiger partial charge in [0.25, 0.3) is 0 Å². The van der Waals surface area contributed by atoms with Crippen molar-refractivity contribution in [2.75, 3.05) is 26.4 Å². The first kappa shape index (κ1) is 12.2. The summed E-state index contributed by atoms with van der Waals surface area (Å²) in [7, 11) is 0. The molecule has 0 spiro atoms. The molecule has 0 aliphatic heterocycles. The van der Waals surface area contributed by atoms with Crippen LogP contribution in [0.3, 0.4) is 0 Å². The predicted molar refractivity (Wildman–Crippen MR) is 58.7 cm³/mol. The van der Waals surface area contributed by atoms with Crippen LogP contribution in [-0.4, -0.2) is 31.5 Å². The zero-order valence-electron chi connectivity index (χ0n) is 9.06. The van der Waals surface area contributed by atoms with Crippen LogP contribution in [0.2, 0.25) is 0 Å². The molecule has 84 valence electrons. The maximum Gasteiger partial charge on any atom is 0.102 e. The number of rotatable bonds is 7. The molecule has 0 aromatic heterocycles. The van der Waals surface area contributed by atoms with Crippen LogP contribution in [0.1, 0.15) is 18.6 Å². The van der Waals surface area contributed by atoms with Gasteiger partial charge in [-0.2, -0.15) is 0 Å². The molecule has 0 radical (unpaired) electrons. The molecule has 3 nitrogen and oxygen atoms in total. The van der Waals surface area contributed by atoms with Gasteiger partial charge in [0.15, 0.2) is 0 Å². The number of benzene rings is 1. The molecule has 1 unspecified atom stereocenters. The number of hydrogen-bond donors (Lipinski definition) is 1. The average Bonchev–Trinajstić information content (AvgIpc) is 2.30. The molecule has 0 aliphatic rings. The molecule has 1 N–H and O–H groups in total. The van der Waals surface area contributed by atoms with Crippen molar-refractivity contribution in [2.24, 2.45) is 0 Å². The molecule has 15 heavy (non-hydrogen) atoms. The summed E-state index contributed by atoms with van der Waals surface area (Å²) >= 11 is 0. The summed E-state index contributed by atoms with van der Waals surface area (Å²) in [5, 5.41) is 9.71. The molecule has 0 saturated carbocycles. The van der Waals surface area contributed by atoms with E-state index in [4.69, 9.17) is 9.47 Å². The van der Waals surface area contributed by atoms with Crippen molar-refractivity contribution in [1.82, 2.24) is 0 Å². The van der Waals surface area contributed by atoms with Crippen LogP contribution in [0.5, 0.6) is 0 Å². The van der Waals surface area contributed by atoms with Crippen LogP contribution in [0.4, 0.5) is 0 Å². The molecular formula is C12H18O3. The molecule has 1 atom stereocenters. The first-order chi connectivity index (χ1) is 7.34. The maximum atomic E-state index is 9.71. The topological polar surface area (TPSA) is 38.7 Å². The Morgan fingerprint density at radius 2 is 1.80 bits per heavy atom. The highest BCUT2D eigenvalue weighted by atomic mass is 16.5. The summed E-state index contributed by atoms with van der Waals surface area (Å²) in [4.78, 5) is 0. The van der Waals surface area contributed by atoms with Crippen LogP contribution in [0, 0.1) is 0 Å². The van der Waals surface area contributed by atoms with E-state index in [-0.39, 0.29) is 0 Å². The lowest BCUT2D eigenvalue weighted by Crippen LogP contribution is -2.11. The van der Waals surface area contributed by atoms with Crippen LogP contribution in [0.25, 0.3) is 0 Å². The van der Waals surface area contributed by atoms with Gasteiger partial charge >= 0.3 is 0 Å². The van der Waals surface area contributed by atoms with E-state index in [1.165, 1.54) is 0 Å². The fourth-order valence-electron chi connectivity index (χ4n) is 1.23.